The van der Waals surface area contributed by atoms with Crippen molar-refractivity contribution in [3.8, 4) is 22.8 Å². The van der Waals surface area contributed by atoms with E-state index in [4.69, 9.17) is 9.47 Å². The maximum absolute atomic E-state index is 12.8. The molecule has 0 saturated carbocycles. The number of fused-ring (bicyclic) bond motifs is 1. The van der Waals surface area contributed by atoms with Crippen molar-refractivity contribution in [2.24, 2.45) is 0 Å². The van der Waals surface area contributed by atoms with Gasteiger partial charge < -0.3 is 14.5 Å². The minimum atomic E-state index is -4.35. The standard InChI is InChI=1S/C17H14F3NO2/c1-22-15-6-3-10(9-16(15)23-2)14-8-11-7-12(17(18,19)20)4-5-13(11)21-14/h3-9,21H,1-2H3. The molecule has 23 heavy (non-hydrogen) atoms. The van der Waals surface area contributed by atoms with E-state index in [0.717, 1.165) is 17.7 Å². The Balaban J connectivity index is 2.07. The van der Waals surface area contributed by atoms with E-state index < -0.39 is 11.7 Å². The lowest BCUT2D eigenvalue weighted by molar-refractivity contribution is -0.137. The van der Waals surface area contributed by atoms with E-state index in [1.54, 1.807) is 25.3 Å². The van der Waals surface area contributed by atoms with E-state index in [1.165, 1.54) is 13.2 Å². The molecule has 0 unspecified atom stereocenters. The van der Waals surface area contributed by atoms with Gasteiger partial charge in [-0.2, -0.15) is 13.2 Å². The first-order valence-corrected chi connectivity index (χ1v) is 6.85. The topological polar surface area (TPSA) is 34.2 Å². The lowest BCUT2D eigenvalue weighted by atomic mass is 10.1. The average molecular weight is 321 g/mol. The van der Waals surface area contributed by atoms with Gasteiger partial charge >= 0.3 is 6.18 Å². The predicted octanol–water partition coefficient (Wildman–Crippen LogP) is 4.87. The van der Waals surface area contributed by atoms with Crippen molar-refractivity contribution < 1.29 is 22.6 Å². The Morgan fingerprint density at radius 3 is 2.26 bits per heavy atom. The molecule has 0 aliphatic heterocycles. The Kier molecular flexibility index (Phi) is 3.67. The van der Waals surface area contributed by atoms with Crippen LogP contribution in [0.15, 0.2) is 42.5 Å². The Hall–Kier alpha value is -2.63. The first-order valence-electron chi connectivity index (χ1n) is 6.85. The van der Waals surface area contributed by atoms with Gasteiger partial charge in [-0.3, -0.25) is 0 Å². The summed E-state index contributed by atoms with van der Waals surface area (Å²) in [4.78, 5) is 3.12. The molecule has 3 nitrogen and oxygen atoms in total. The summed E-state index contributed by atoms with van der Waals surface area (Å²) in [6.07, 6.45) is -4.35. The van der Waals surface area contributed by atoms with E-state index in [0.29, 0.717) is 28.1 Å². The Bertz CT molecular complexity index is 853. The fraction of sp³-hybridized carbons (Fsp3) is 0.176. The molecule has 3 rings (SSSR count). The maximum atomic E-state index is 12.8. The molecule has 6 heteroatoms. The Labute approximate surface area is 130 Å². The number of rotatable bonds is 3. The van der Waals surface area contributed by atoms with Crippen molar-refractivity contribution in [1.82, 2.24) is 4.98 Å². The number of H-pyrrole nitrogens is 1. The number of hydrogen-bond donors (Lipinski definition) is 1. The van der Waals surface area contributed by atoms with Gasteiger partial charge in [-0.15, -0.1) is 0 Å². The molecule has 0 aliphatic carbocycles. The van der Waals surface area contributed by atoms with E-state index >= 15 is 0 Å². The third-order valence-electron chi connectivity index (χ3n) is 3.64. The molecule has 0 fully saturated rings. The fourth-order valence-corrected chi connectivity index (χ4v) is 2.47. The van der Waals surface area contributed by atoms with Crippen LogP contribution in [-0.2, 0) is 6.18 Å². The Morgan fingerprint density at radius 1 is 0.870 bits per heavy atom. The number of aromatic nitrogens is 1. The highest BCUT2D eigenvalue weighted by molar-refractivity contribution is 5.86. The molecule has 1 aromatic heterocycles. The van der Waals surface area contributed by atoms with Crippen molar-refractivity contribution >= 4 is 10.9 Å². The summed E-state index contributed by atoms with van der Waals surface area (Å²) in [5.74, 6) is 1.14. The van der Waals surface area contributed by atoms with Gasteiger partial charge in [-0.25, -0.2) is 0 Å². The largest absolute Gasteiger partial charge is 0.493 e. The minimum Gasteiger partial charge on any atom is -0.493 e. The average Bonchev–Trinajstić information content (AvgIpc) is 2.96. The smallest absolute Gasteiger partial charge is 0.416 e. The zero-order chi connectivity index (χ0) is 16.6. The SMILES string of the molecule is COc1ccc(-c2cc3cc(C(F)(F)F)ccc3[nH]2)cc1OC. The summed E-state index contributed by atoms with van der Waals surface area (Å²) in [5, 5.41) is 0.504. The molecular formula is C17H14F3NO2. The lowest BCUT2D eigenvalue weighted by Gasteiger charge is -2.08. The summed E-state index contributed by atoms with van der Waals surface area (Å²) in [6, 6.07) is 10.7. The second-order valence-electron chi connectivity index (χ2n) is 5.05. The van der Waals surface area contributed by atoms with E-state index in [9.17, 15) is 13.2 Å². The first kappa shape index (κ1) is 15.3. The molecule has 3 aromatic rings. The number of ether oxygens (including phenoxy) is 2. The predicted molar refractivity (Wildman–Crippen MR) is 81.8 cm³/mol. The highest BCUT2D eigenvalue weighted by atomic mass is 19.4. The van der Waals surface area contributed by atoms with Crippen LogP contribution in [0.4, 0.5) is 13.2 Å². The molecule has 0 bridgehead atoms. The van der Waals surface area contributed by atoms with Crippen LogP contribution in [0.2, 0.25) is 0 Å². The molecule has 0 aliphatic rings. The van der Waals surface area contributed by atoms with Crippen molar-refractivity contribution in [1.29, 1.82) is 0 Å². The zero-order valence-electron chi connectivity index (χ0n) is 12.5. The second-order valence-corrected chi connectivity index (χ2v) is 5.05. The van der Waals surface area contributed by atoms with E-state index in [2.05, 4.69) is 4.98 Å². The van der Waals surface area contributed by atoms with Gasteiger partial charge in [0.2, 0.25) is 0 Å². The third kappa shape index (κ3) is 2.84. The van der Waals surface area contributed by atoms with Crippen molar-refractivity contribution in [3.05, 3.63) is 48.0 Å². The molecule has 0 atom stereocenters. The number of alkyl halides is 3. The van der Waals surface area contributed by atoms with Crippen molar-refractivity contribution in [2.75, 3.05) is 14.2 Å². The molecular weight excluding hydrogens is 307 g/mol. The summed E-state index contributed by atoms with van der Waals surface area (Å²) >= 11 is 0. The molecule has 1 heterocycles. The second kappa shape index (κ2) is 5.53. The third-order valence-corrected chi connectivity index (χ3v) is 3.64. The normalized spacial score (nSPS) is 11.7. The summed E-state index contributed by atoms with van der Waals surface area (Å²) < 4.78 is 48.8. The molecule has 0 spiro atoms. The molecule has 1 N–H and O–H groups in total. The monoisotopic (exact) mass is 321 g/mol. The van der Waals surface area contributed by atoms with Crippen LogP contribution in [0.5, 0.6) is 11.5 Å². The quantitative estimate of drug-likeness (QED) is 0.747. The number of halogens is 3. The van der Waals surface area contributed by atoms with Gasteiger partial charge in [0.15, 0.2) is 11.5 Å². The van der Waals surface area contributed by atoms with E-state index in [-0.39, 0.29) is 0 Å². The number of methoxy groups -OCH3 is 2. The summed E-state index contributed by atoms with van der Waals surface area (Å²) in [7, 11) is 3.07. The fourth-order valence-electron chi connectivity index (χ4n) is 2.47. The van der Waals surface area contributed by atoms with Gasteiger partial charge in [0.05, 0.1) is 19.8 Å². The van der Waals surface area contributed by atoms with Gasteiger partial charge in [-0.1, -0.05) is 0 Å². The maximum Gasteiger partial charge on any atom is 0.416 e. The van der Waals surface area contributed by atoms with Crippen LogP contribution in [0, 0.1) is 0 Å². The van der Waals surface area contributed by atoms with Crippen LogP contribution >= 0.6 is 0 Å². The minimum absolute atomic E-state index is 0.504. The number of hydrogen-bond acceptors (Lipinski definition) is 2. The number of nitrogens with one attached hydrogen (secondary N) is 1. The van der Waals surface area contributed by atoms with Crippen LogP contribution < -0.4 is 9.47 Å². The summed E-state index contributed by atoms with van der Waals surface area (Å²) in [5.41, 5.74) is 1.48. The van der Waals surface area contributed by atoms with Gasteiger partial charge in [-0.05, 0) is 42.5 Å². The van der Waals surface area contributed by atoms with Crippen LogP contribution in [0.1, 0.15) is 5.56 Å². The van der Waals surface area contributed by atoms with Gasteiger partial charge in [0.1, 0.15) is 0 Å². The molecule has 120 valence electrons. The molecule has 0 saturated heterocycles. The molecule has 0 radical (unpaired) electrons. The highest BCUT2D eigenvalue weighted by Crippen LogP contribution is 2.35. The van der Waals surface area contributed by atoms with Gasteiger partial charge in [0, 0.05) is 22.2 Å². The Morgan fingerprint density at radius 2 is 1.61 bits per heavy atom. The van der Waals surface area contributed by atoms with Gasteiger partial charge in [0.25, 0.3) is 0 Å². The van der Waals surface area contributed by atoms with Crippen LogP contribution in [0.3, 0.4) is 0 Å². The van der Waals surface area contributed by atoms with E-state index in [1.807, 2.05) is 6.07 Å². The zero-order valence-corrected chi connectivity index (χ0v) is 12.5. The first-order chi connectivity index (χ1) is 10.9. The van der Waals surface area contributed by atoms with Crippen LogP contribution in [0.25, 0.3) is 22.2 Å². The highest BCUT2D eigenvalue weighted by Gasteiger charge is 2.30. The van der Waals surface area contributed by atoms with Crippen molar-refractivity contribution in [2.45, 2.75) is 6.18 Å². The molecule has 0 amide bonds. The lowest BCUT2D eigenvalue weighted by Crippen LogP contribution is -2.03. The number of aromatic amines is 1. The number of benzene rings is 2. The summed E-state index contributed by atoms with van der Waals surface area (Å²) in [6.45, 7) is 0. The van der Waals surface area contributed by atoms with Crippen LogP contribution in [-0.4, -0.2) is 19.2 Å². The van der Waals surface area contributed by atoms with Crippen molar-refractivity contribution in [3.63, 3.8) is 0 Å². The molecule has 2 aromatic carbocycles.